The molecular weight excluding hydrogens is 313 g/mol. The summed E-state index contributed by atoms with van der Waals surface area (Å²) in [5.74, 6) is -0.498. The molecule has 0 unspecified atom stereocenters. The van der Waals surface area contributed by atoms with E-state index in [4.69, 9.17) is 11.6 Å². The lowest BCUT2D eigenvalue weighted by molar-refractivity contribution is 0.591. The van der Waals surface area contributed by atoms with E-state index in [0.29, 0.717) is 10.7 Å². The number of para-hydroxylation sites is 1. The van der Waals surface area contributed by atoms with Crippen LogP contribution in [0, 0.1) is 5.82 Å². The average molecular weight is 326 g/mol. The van der Waals surface area contributed by atoms with Gasteiger partial charge in [-0.05, 0) is 36.4 Å². The number of rotatable bonds is 5. The van der Waals surface area contributed by atoms with Crippen LogP contribution in [0.25, 0.3) is 0 Å². The maximum Gasteiger partial charge on any atom is 0.264 e. The molecule has 0 bridgehead atoms. The van der Waals surface area contributed by atoms with Crippen LogP contribution in [0.1, 0.15) is 0 Å². The Kier molecular flexibility index (Phi) is 4.65. The Morgan fingerprint density at radius 2 is 1.76 bits per heavy atom. The van der Waals surface area contributed by atoms with Crippen molar-refractivity contribution < 1.29 is 12.8 Å². The predicted octanol–water partition coefficient (Wildman–Crippen LogP) is 3.86. The number of benzene rings is 2. The number of hydrogen-bond donors (Lipinski definition) is 0. The minimum absolute atomic E-state index is 0.00864. The van der Waals surface area contributed by atoms with Crippen molar-refractivity contribution in [3.63, 3.8) is 0 Å². The fraction of sp³-hybridized carbons (Fsp3) is 0.0667. The first kappa shape index (κ1) is 15.5. The lowest BCUT2D eigenvalue weighted by Gasteiger charge is -2.24. The van der Waals surface area contributed by atoms with Gasteiger partial charge in [0.15, 0.2) is 0 Å². The number of halogens is 2. The first-order valence-corrected chi connectivity index (χ1v) is 7.92. The van der Waals surface area contributed by atoms with Gasteiger partial charge in [0, 0.05) is 0 Å². The molecule has 0 aliphatic rings. The highest BCUT2D eigenvalue weighted by Crippen LogP contribution is 2.30. The van der Waals surface area contributed by atoms with Gasteiger partial charge in [-0.1, -0.05) is 29.8 Å². The van der Waals surface area contributed by atoms with Gasteiger partial charge < -0.3 is 0 Å². The summed E-state index contributed by atoms with van der Waals surface area (Å²) >= 11 is 6.07. The van der Waals surface area contributed by atoms with Crippen molar-refractivity contribution in [1.82, 2.24) is 0 Å². The van der Waals surface area contributed by atoms with E-state index < -0.39 is 15.8 Å². The van der Waals surface area contributed by atoms with E-state index in [0.717, 1.165) is 16.4 Å². The summed E-state index contributed by atoms with van der Waals surface area (Å²) in [6.07, 6.45) is 1.46. The highest BCUT2D eigenvalue weighted by molar-refractivity contribution is 7.92. The minimum atomic E-state index is -3.84. The highest BCUT2D eigenvalue weighted by Gasteiger charge is 2.25. The standard InChI is InChI=1S/C15H13ClFNO2S/c1-2-11-18(15-6-4-3-5-14(15)16)21(19,20)13-9-7-12(17)8-10-13/h2-10H,1,11H2. The molecule has 3 nitrogen and oxygen atoms in total. The molecule has 0 saturated heterocycles. The van der Waals surface area contributed by atoms with Crippen molar-refractivity contribution in [1.29, 1.82) is 0 Å². The molecule has 0 atom stereocenters. The first-order chi connectivity index (χ1) is 9.96. The van der Waals surface area contributed by atoms with Crippen LogP contribution in [0.15, 0.2) is 66.1 Å². The van der Waals surface area contributed by atoms with E-state index in [2.05, 4.69) is 6.58 Å². The normalized spacial score (nSPS) is 11.1. The van der Waals surface area contributed by atoms with Crippen LogP contribution in [-0.4, -0.2) is 15.0 Å². The molecule has 2 aromatic rings. The molecule has 0 aliphatic carbocycles. The van der Waals surface area contributed by atoms with Crippen LogP contribution in [0.5, 0.6) is 0 Å². The van der Waals surface area contributed by atoms with Gasteiger partial charge in [0.1, 0.15) is 5.82 Å². The maximum atomic E-state index is 13.0. The van der Waals surface area contributed by atoms with Gasteiger partial charge in [0.2, 0.25) is 0 Å². The van der Waals surface area contributed by atoms with Gasteiger partial charge >= 0.3 is 0 Å². The minimum Gasteiger partial charge on any atom is -0.261 e. The molecule has 110 valence electrons. The molecule has 2 aromatic carbocycles. The van der Waals surface area contributed by atoms with Crippen LogP contribution in [0.3, 0.4) is 0 Å². The smallest absolute Gasteiger partial charge is 0.261 e. The second-order valence-corrected chi connectivity index (χ2v) is 6.50. The number of anilines is 1. The monoisotopic (exact) mass is 325 g/mol. The zero-order valence-electron chi connectivity index (χ0n) is 11.0. The lowest BCUT2D eigenvalue weighted by Crippen LogP contribution is -2.31. The van der Waals surface area contributed by atoms with E-state index in [1.165, 1.54) is 18.2 Å². The number of sulfonamides is 1. The van der Waals surface area contributed by atoms with Gasteiger partial charge in [-0.25, -0.2) is 12.8 Å². The molecule has 0 heterocycles. The molecule has 0 saturated carbocycles. The van der Waals surface area contributed by atoms with Crippen LogP contribution in [0.2, 0.25) is 5.02 Å². The average Bonchev–Trinajstić information content (AvgIpc) is 2.46. The molecule has 0 amide bonds. The Bertz CT molecular complexity index is 745. The summed E-state index contributed by atoms with van der Waals surface area (Å²) in [4.78, 5) is -0.00864. The second-order valence-electron chi connectivity index (χ2n) is 4.23. The molecule has 0 spiro atoms. The Balaban J connectivity index is 2.54. The summed E-state index contributed by atoms with van der Waals surface area (Å²) in [5, 5.41) is 0.310. The summed E-state index contributed by atoms with van der Waals surface area (Å²) in [5.41, 5.74) is 0.350. The fourth-order valence-electron chi connectivity index (χ4n) is 1.83. The second kappa shape index (κ2) is 6.28. The Morgan fingerprint density at radius 3 is 2.33 bits per heavy atom. The predicted molar refractivity (Wildman–Crippen MR) is 82.6 cm³/mol. The van der Waals surface area contributed by atoms with Crippen LogP contribution in [0.4, 0.5) is 10.1 Å². The molecule has 0 aliphatic heterocycles. The molecule has 21 heavy (non-hydrogen) atoms. The Hall–Kier alpha value is -1.85. The third kappa shape index (κ3) is 3.25. The molecule has 0 fully saturated rings. The molecular formula is C15H13ClFNO2S. The maximum absolute atomic E-state index is 13.0. The molecule has 0 radical (unpaired) electrons. The van der Waals surface area contributed by atoms with E-state index in [9.17, 15) is 12.8 Å². The topological polar surface area (TPSA) is 37.4 Å². The van der Waals surface area contributed by atoms with Crippen molar-refractivity contribution in [2.45, 2.75) is 4.90 Å². The molecule has 0 N–H and O–H groups in total. The first-order valence-electron chi connectivity index (χ1n) is 6.10. The van der Waals surface area contributed by atoms with Crippen molar-refractivity contribution in [3.05, 3.63) is 72.0 Å². The van der Waals surface area contributed by atoms with E-state index in [-0.39, 0.29) is 11.4 Å². The Labute approximate surface area is 128 Å². The summed E-state index contributed by atoms with van der Waals surface area (Å²) in [6, 6.07) is 11.3. The van der Waals surface area contributed by atoms with Crippen LogP contribution >= 0.6 is 11.6 Å². The quantitative estimate of drug-likeness (QED) is 0.783. The van der Waals surface area contributed by atoms with Gasteiger partial charge in [0.25, 0.3) is 10.0 Å². The third-order valence-electron chi connectivity index (χ3n) is 2.82. The van der Waals surface area contributed by atoms with Gasteiger partial charge in [0.05, 0.1) is 22.2 Å². The lowest BCUT2D eigenvalue weighted by atomic mass is 10.3. The fourth-order valence-corrected chi connectivity index (χ4v) is 3.57. The number of hydrogen-bond acceptors (Lipinski definition) is 2. The van der Waals surface area contributed by atoms with Crippen LogP contribution in [-0.2, 0) is 10.0 Å². The van der Waals surface area contributed by atoms with Crippen molar-refractivity contribution >= 4 is 27.3 Å². The summed E-state index contributed by atoms with van der Waals surface area (Å²) in [7, 11) is -3.84. The SMILES string of the molecule is C=CCN(c1ccccc1Cl)S(=O)(=O)c1ccc(F)cc1. The molecule has 0 aromatic heterocycles. The third-order valence-corrected chi connectivity index (χ3v) is 4.93. The zero-order valence-corrected chi connectivity index (χ0v) is 12.6. The van der Waals surface area contributed by atoms with E-state index in [1.807, 2.05) is 0 Å². The van der Waals surface area contributed by atoms with E-state index in [1.54, 1.807) is 24.3 Å². The molecule has 6 heteroatoms. The Morgan fingerprint density at radius 1 is 1.14 bits per heavy atom. The zero-order chi connectivity index (χ0) is 15.5. The number of nitrogens with zero attached hydrogens (tertiary/aromatic N) is 1. The van der Waals surface area contributed by atoms with Gasteiger partial charge in [-0.2, -0.15) is 0 Å². The van der Waals surface area contributed by atoms with E-state index >= 15 is 0 Å². The van der Waals surface area contributed by atoms with Gasteiger partial charge in [-0.15, -0.1) is 6.58 Å². The molecule has 2 rings (SSSR count). The largest absolute Gasteiger partial charge is 0.264 e. The summed E-state index contributed by atoms with van der Waals surface area (Å²) in [6.45, 7) is 3.63. The van der Waals surface area contributed by atoms with Gasteiger partial charge in [-0.3, -0.25) is 4.31 Å². The van der Waals surface area contributed by atoms with Crippen molar-refractivity contribution in [2.24, 2.45) is 0 Å². The summed E-state index contributed by atoms with van der Waals surface area (Å²) < 4.78 is 39.5. The van der Waals surface area contributed by atoms with Crippen molar-refractivity contribution in [3.8, 4) is 0 Å². The van der Waals surface area contributed by atoms with Crippen molar-refractivity contribution in [2.75, 3.05) is 10.8 Å². The van der Waals surface area contributed by atoms with Crippen LogP contribution < -0.4 is 4.31 Å². The highest BCUT2D eigenvalue weighted by atomic mass is 35.5.